The van der Waals surface area contributed by atoms with Crippen molar-refractivity contribution in [3.05, 3.63) is 35.9 Å². The maximum atomic E-state index is 3.61. The van der Waals surface area contributed by atoms with Gasteiger partial charge in [-0.1, -0.05) is 30.3 Å². The van der Waals surface area contributed by atoms with Crippen LogP contribution >= 0.6 is 0 Å². The molecule has 82 valence electrons. The van der Waals surface area contributed by atoms with Crippen molar-refractivity contribution in [1.82, 2.24) is 10.2 Å². The zero-order valence-corrected chi connectivity index (χ0v) is 9.61. The Morgan fingerprint density at radius 3 is 2.73 bits per heavy atom. The summed E-state index contributed by atoms with van der Waals surface area (Å²) in [7, 11) is 2.21. The summed E-state index contributed by atoms with van der Waals surface area (Å²) in [5.74, 6) is 0. The van der Waals surface area contributed by atoms with Gasteiger partial charge in [-0.05, 0) is 26.0 Å². The van der Waals surface area contributed by atoms with E-state index in [0.29, 0.717) is 12.1 Å². The number of nitrogens with one attached hydrogen (secondary N) is 1. The molecule has 1 heterocycles. The fourth-order valence-electron chi connectivity index (χ4n) is 2.12. The molecule has 0 amide bonds. The fraction of sp³-hybridized carbons (Fsp3) is 0.538. The predicted molar refractivity (Wildman–Crippen MR) is 64.0 cm³/mol. The molecule has 1 aliphatic rings. The molecule has 0 unspecified atom stereocenters. The lowest BCUT2D eigenvalue weighted by atomic mass is 10.0. The molecule has 0 saturated carbocycles. The van der Waals surface area contributed by atoms with E-state index in [2.05, 4.69) is 54.5 Å². The summed E-state index contributed by atoms with van der Waals surface area (Å²) < 4.78 is 0. The largest absolute Gasteiger partial charge is 0.311 e. The van der Waals surface area contributed by atoms with Crippen LogP contribution in [0.1, 0.15) is 12.5 Å². The molecule has 2 nitrogen and oxygen atoms in total. The van der Waals surface area contributed by atoms with E-state index >= 15 is 0 Å². The molecule has 1 aromatic rings. The van der Waals surface area contributed by atoms with Crippen molar-refractivity contribution in [2.24, 2.45) is 0 Å². The van der Waals surface area contributed by atoms with Crippen LogP contribution in [-0.4, -0.2) is 37.1 Å². The van der Waals surface area contributed by atoms with Crippen molar-refractivity contribution in [3.8, 4) is 0 Å². The minimum atomic E-state index is 0.605. The Kier molecular flexibility index (Phi) is 3.39. The molecule has 1 aromatic carbocycles. The molecule has 2 heteroatoms. The lowest BCUT2D eigenvalue weighted by Gasteiger charge is -2.36. The first-order chi connectivity index (χ1) is 7.25. The highest BCUT2D eigenvalue weighted by atomic mass is 15.2. The van der Waals surface area contributed by atoms with Gasteiger partial charge in [0.25, 0.3) is 0 Å². The van der Waals surface area contributed by atoms with Gasteiger partial charge in [-0.25, -0.2) is 0 Å². The average Bonchev–Trinajstić information content (AvgIpc) is 2.25. The van der Waals surface area contributed by atoms with Crippen molar-refractivity contribution in [3.63, 3.8) is 0 Å². The highest BCUT2D eigenvalue weighted by Crippen LogP contribution is 2.09. The second-order valence-corrected chi connectivity index (χ2v) is 4.58. The first-order valence-corrected chi connectivity index (χ1v) is 5.73. The van der Waals surface area contributed by atoms with Crippen molar-refractivity contribution in [2.45, 2.75) is 25.4 Å². The SMILES string of the molecule is C[C@H]1CN[C@H](Cc2ccccc2)CN1C. The van der Waals surface area contributed by atoms with Gasteiger partial charge in [-0.2, -0.15) is 0 Å². The van der Waals surface area contributed by atoms with Gasteiger partial charge in [0.1, 0.15) is 0 Å². The molecular formula is C13H20N2. The highest BCUT2D eigenvalue weighted by molar-refractivity contribution is 5.16. The van der Waals surface area contributed by atoms with Crippen LogP contribution < -0.4 is 5.32 Å². The van der Waals surface area contributed by atoms with Gasteiger partial charge in [0.05, 0.1) is 0 Å². The maximum Gasteiger partial charge on any atom is 0.0236 e. The third-order valence-corrected chi connectivity index (χ3v) is 3.29. The van der Waals surface area contributed by atoms with Crippen LogP contribution in [0.2, 0.25) is 0 Å². The normalized spacial score (nSPS) is 27.9. The molecule has 0 aliphatic carbocycles. The Bertz CT molecular complexity index is 297. The quantitative estimate of drug-likeness (QED) is 0.786. The molecule has 1 N–H and O–H groups in total. The topological polar surface area (TPSA) is 15.3 Å². The maximum absolute atomic E-state index is 3.61. The van der Waals surface area contributed by atoms with E-state index in [1.165, 1.54) is 5.56 Å². The third-order valence-electron chi connectivity index (χ3n) is 3.29. The van der Waals surface area contributed by atoms with Gasteiger partial charge in [0.2, 0.25) is 0 Å². The summed E-state index contributed by atoms with van der Waals surface area (Å²) in [6.07, 6.45) is 1.14. The zero-order valence-electron chi connectivity index (χ0n) is 9.61. The Balaban J connectivity index is 1.91. The number of likely N-dealkylation sites (N-methyl/N-ethyl adjacent to an activating group) is 1. The average molecular weight is 204 g/mol. The van der Waals surface area contributed by atoms with Crippen LogP contribution in [0, 0.1) is 0 Å². The third kappa shape index (κ3) is 2.80. The van der Waals surface area contributed by atoms with E-state index in [0.717, 1.165) is 19.5 Å². The van der Waals surface area contributed by atoms with Crippen LogP contribution in [0.5, 0.6) is 0 Å². The molecule has 0 bridgehead atoms. The summed E-state index contributed by atoms with van der Waals surface area (Å²) in [4.78, 5) is 2.43. The minimum absolute atomic E-state index is 0.605. The van der Waals surface area contributed by atoms with Crippen LogP contribution in [0.4, 0.5) is 0 Å². The predicted octanol–water partition coefficient (Wildman–Crippen LogP) is 1.52. The number of hydrogen-bond donors (Lipinski definition) is 1. The summed E-state index contributed by atoms with van der Waals surface area (Å²) >= 11 is 0. The zero-order chi connectivity index (χ0) is 10.7. The van der Waals surface area contributed by atoms with Crippen LogP contribution in [-0.2, 0) is 6.42 Å². The van der Waals surface area contributed by atoms with E-state index in [9.17, 15) is 0 Å². The second-order valence-electron chi connectivity index (χ2n) is 4.58. The summed E-state index contributed by atoms with van der Waals surface area (Å²) in [6.45, 7) is 4.52. The Morgan fingerprint density at radius 1 is 1.33 bits per heavy atom. The van der Waals surface area contributed by atoms with Gasteiger partial charge in [-0.15, -0.1) is 0 Å². The Hall–Kier alpha value is -0.860. The van der Waals surface area contributed by atoms with Crippen LogP contribution in [0.25, 0.3) is 0 Å². The molecule has 0 spiro atoms. The van der Waals surface area contributed by atoms with Gasteiger partial charge in [0, 0.05) is 25.2 Å². The number of nitrogens with zero attached hydrogens (tertiary/aromatic N) is 1. The molecule has 1 fully saturated rings. The van der Waals surface area contributed by atoms with Gasteiger partial charge < -0.3 is 10.2 Å². The molecular weight excluding hydrogens is 184 g/mol. The van der Waals surface area contributed by atoms with Crippen LogP contribution in [0.15, 0.2) is 30.3 Å². The lowest BCUT2D eigenvalue weighted by Crippen LogP contribution is -2.54. The Labute approximate surface area is 92.3 Å². The molecule has 2 rings (SSSR count). The standard InChI is InChI=1S/C13H20N2/c1-11-9-14-13(10-15(11)2)8-12-6-4-3-5-7-12/h3-7,11,13-14H,8-10H2,1-2H3/t11-,13+/m0/s1. The van der Waals surface area contributed by atoms with Crippen molar-refractivity contribution in [1.29, 1.82) is 0 Å². The number of hydrogen-bond acceptors (Lipinski definition) is 2. The number of piperazine rings is 1. The molecule has 0 radical (unpaired) electrons. The first kappa shape index (κ1) is 10.7. The molecule has 15 heavy (non-hydrogen) atoms. The molecule has 0 aromatic heterocycles. The van der Waals surface area contributed by atoms with E-state index in [1.807, 2.05) is 0 Å². The number of rotatable bonds is 2. The number of benzene rings is 1. The van der Waals surface area contributed by atoms with Crippen molar-refractivity contribution >= 4 is 0 Å². The monoisotopic (exact) mass is 204 g/mol. The fourth-order valence-corrected chi connectivity index (χ4v) is 2.12. The minimum Gasteiger partial charge on any atom is -0.311 e. The summed E-state index contributed by atoms with van der Waals surface area (Å²) in [6, 6.07) is 12.0. The van der Waals surface area contributed by atoms with Gasteiger partial charge in [-0.3, -0.25) is 0 Å². The molecule has 1 saturated heterocycles. The highest BCUT2D eigenvalue weighted by Gasteiger charge is 2.21. The Morgan fingerprint density at radius 2 is 2.07 bits per heavy atom. The summed E-state index contributed by atoms with van der Waals surface area (Å²) in [5, 5.41) is 3.61. The van der Waals surface area contributed by atoms with Crippen molar-refractivity contribution in [2.75, 3.05) is 20.1 Å². The van der Waals surface area contributed by atoms with Gasteiger partial charge >= 0.3 is 0 Å². The lowest BCUT2D eigenvalue weighted by molar-refractivity contribution is 0.175. The van der Waals surface area contributed by atoms with Gasteiger partial charge in [0.15, 0.2) is 0 Å². The van der Waals surface area contributed by atoms with E-state index in [4.69, 9.17) is 0 Å². The summed E-state index contributed by atoms with van der Waals surface area (Å²) in [5.41, 5.74) is 1.43. The molecule has 1 aliphatic heterocycles. The van der Waals surface area contributed by atoms with E-state index < -0.39 is 0 Å². The molecule has 2 atom stereocenters. The van der Waals surface area contributed by atoms with Crippen LogP contribution in [0.3, 0.4) is 0 Å². The second kappa shape index (κ2) is 4.77. The van der Waals surface area contributed by atoms with E-state index in [1.54, 1.807) is 0 Å². The van der Waals surface area contributed by atoms with E-state index in [-0.39, 0.29) is 0 Å². The first-order valence-electron chi connectivity index (χ1n) is 5.73. The van der Waals surface area contributed by atoms with Crippen molar-refractivity contribution < 1.29 is 0 Å². The smallest absolute Gasteiger partial charge is 0.0236 e.